The maximum absolute atomic E-state index is 11.6. The molecule has 0 unspecified atom stereocenters. The summed E-state index contributed by atoms with van der Waals surface area (Å²) in [5.74, 6) is -1.20. The Hall–Kier alpha value is -1.84. The minimum absolute atomic E-state index is 0.0242. The van der Waals surface area contributed by atoms with E-state index in [1.165, 1.54) is 4.90 Å². The first-order chi connectivity index (χ1) is 8.00. The van der Waals surface area contributed by atoms with Crippen LogP contribution in [-0.2, 0) is 9.59 Å². The Morgan fingerprint density at radius 3 is 2.24 bits per heavy atom. The Labute approximate surface area is 101 Å². The van der Waals surface area contributed by atoms with Crippen LogP contribution in [0.1, 0.15) is 24.3 Å². The van der Waals surface area contributed by atoms with Crippen LogP contribution in [-0.4, -0.2) is 36.0 Å². The van der Waals surface area contributed by atoms with Crippen LogP contribution in [0, 0.1) is 0 Å². The van der Waals surface area contributed by atoms with Crippen molar-refractivity contribution in [2.45, 2.75) is 18.8 Å². The van der Waals surface area contributed by atoms with Gasteiger partial charge in [0, 0.05) is 26.4 Å². The first-order valence-electron chi connectivity index (χ1n) is 5.47. The van der Waals surface area contributed by atoms with E-state index >= 15 is 0 Å². The van der Waals surface area contributed by atoms with Crippen molar-refractivity contribution in [3.63, 3.8) is 0 Å². The van der Waals surface area contributed by atoms with E-state index in [1.54, 1.807) is 14.1 Å². The van der Waals surface area contributed by atoms with Crippen molar-refractivity contribution in [2.75, 3.05) is 14.1 Å². The summed E-state index contributed by atoms with van der Waals surface area (Å²) in [4.78, 5) is 23.9. The summed E-state index contributed by atoms with van der Waals surface area (Å²) < 4.78 is 0. The predicted molar refractivity (Wildman–Crippen MR) is 64.7 cm³/mol. The Morgan fingerprint density at radius 1 is 1.18 bits per heavy atom. The van der Waals surface area contributed by atoms with Crippen LogP contribution in [0.25, 0.3) is 0 Å². The molecule has 0 bridgehead atoms. The number of benzene rings is 1. The number of carbonyl (C=O) groups is 2. The second kappa shape index (κ2) is 6.03. The van der Waals surface area contributed by atoms with Crippen LogP contribution >= 0.6 is 0 Å². The third-order valence-electron chi connectivity index (χ3n) is 2.61. The number of nitrogens with zero attached hydrogens (tertiary/aromatic N) is 1. The summed E-state index contributed by atoms with van der Waals surface area (Å²) in [6.07, 6.45) is 0.201. The van der Waals surface area contributed by atoms with Crippen molar-refractivity contribution >= 4 is 11.9 Å². The summed E-state index contributed by atoms with van der Waals surface area (Å²) in [6.45, 7) is 0. The lowest BCUT2D eigenvalue weighted by Crippen LogP contribution is -2.24. The molecule has 4 heteroatoms. The standard InChI is InChI=1S/C13H17NO3/c1-14(2)12(15)8-11(9-13(16)17)10-6-4-3-5-7-10/h3-7,11H,8-9H2,1-2H3,(H,16,17)/t11-/m0/s1. The summed E-state index contributed by atoms with van der Waals surface area (Å²) in [7, 11) is 3.34. The maximum atomic E-state index is 11.6. The van der Waals surface area contributed by atoms with E-state index in [-0.39, 0.29) is 24.7 Å². The largest absolute Gasteiger partial charge is 0.481 e. The number of carbonyl (C=O) groups excluding carboxylic acids is 1. The third-order valence-corrected chi connectivity index (χ3v) is 2.61. The first kappa shape index (κ1) is 13.2. The molecule has 1 aromatic carbocycles. The lowest BCUT2D eigenvalue weighted by Gasteiger charge is -2.17. The van der Waals surface area contributed by atoms with Crippen molar-refractivity contribution < 1.29 is 14.7 Å². The van der Waals surface area contributed by atoms with Gasteiger partial charge >= 0.3 is 5.97 Å². The monoisotopic (exact) mass is 235 g/mol. The highest BCUT2D eigenvalue weighted by Gasteiger charge is 2.19. The fraction of sp³-hybridized carbons (Fsp3) is 0.385. The van der Waals surface area contributed by atoms with Crippen LogP contribution in [0.5, 0.6) is 0 Å². The molecule has 0 saturated heterocycles. The molecule has 0 saturated carbocycles. The van der Waals surface area contributed by atoms with Crippen LogP contribution in [0.15, 0.2) is 30.3 Å². The molecule has 1 aromatic rings. The van der Waals surface area contributed by atoms with Crippen molar-refractivity contribution in [1.82, 2.24) is 4.90 Å². The molecule has 17 heavy (non-hydrogen) atoms. The van der Waals surface area contributed by atoms with Crippen molar-refractivity contribution in [1.29, 1.82) is 0 Å². The predicted octanol–water partition coefficient (Wildman–Crippen LogP) is 1.72. The van der Waals surface area contributed by atoms with Gasteiger partial charge in [0.15, 0.2) is 0 Å². The summed E-state index contributed by atoms with van der Waals surface area (Å²) in [5.41, 5.74) is 0.894. The molecule has 1 atom stereocenters. The van der Waals surface area contributed by atoms with Crippen LogP contribution in [0.4, 0.5) is 0 Å². The van der Waals surface area contributed by atoms with Crippen molar-refractivity contribution in [3.05, 3.63) is 35.9 Å². The number of carboxylic acids is 1. The first-order valence-corrected chi connectivity index (χ1v) is 5.47. The average molecular weight is 235 g/mol. The molecule has 0 aromatic heterocycles. The van der Waals surface area contributed by atoms with Gasteiger partial charge in [0.05, 0.1) is 6.42 Å². The molecular weight excluding hydrogens is 218 g/mol. The minimum Gasteiger partial charge on any atom is -0.481 e. The molecule has 0 aliphatic carbocycles. The molecule has 92 valence electrons. The van der Waals surface area contributed by atoms with Crippen molar-refractivity contribution in [3.8, 4) is 0 Å². The van der Waals surface area contributed by atoms with Crippen LogP contribution < -0.4 is 0 Å². The number of aliphatic carboxylic acids is 1. The topological polar surface area (TPSA) is 57.6 Å². The zero-order chi connectivity index (χ0) is 12.8. The second-order valence-corrected chi connectivity index (χ2v) is 4.20. The molecule has 1 rings (SSSR count). The average Bonchev–Trinajstić information content (AvgIpc) is 2.28. The number of amides is 1. The van der Waals surface area contributed by atoms with Crippen molar-refractivity contribution in [2.24, 2.45) is 0 Å². The molecule has 1 N–H and O–H groups in total. The summed E-state index contributed by atoms with van der Waals surface area (Å²) in [6, 6.07) is 9.29. The van der Waals surface area contributed by atoms with E-state index in [9.17, 15) is 9.59 Å². The van der Waals surface area contributed by atoms with E-state index in [0.717, 1.165) is 5.56 Å². The van der Waals surface area contributed by atoms with Crippen LogP contribution in [0.2, 0.25) is 0 Å². The molecule has 1 amide bonds. The highest BCUT2D eigenvalue weighted by molar-refractivity contribution is 5.78. The van der Waals surface area contributed by atoms with E-state index in [4.69, 9.17) is 5.11 Å². The quantitative estimate of drug-likeness (QED) is 0.845. The van der Waals surface area contributed by atoms with Gasteiger partial charge in [-0.3, -0.25) is 9.59 Å². The van der Waals surface area contributed by atoms with E-state index < -0.39 is 5.97 Å². The Bertz CT molecular complexity index is 387. The van der Waals surface area contributed by atoms with Gasteiger partial charge in [0.2, 0.25) is 5.91 Å². The number of hydrogen-bond acceptors (Lipinski definition) is 2. The Kier molecular flexibility index (Phi) is 4.69. The summed E-state index contributed by atoms with van der Waals surface area (Å²) >= 11 is 0. The highest BCUT2D eigenvalue weighted by Crippen LogP contribution is 2.23. The minimum atomic E-state index is -0.884. The fourth-order valence-electron chi connectivity index (χ4n) is 1.64. The summed E-state index contributed by atoms with van der Waals surface area (Å²) in [5, 5.41) is 8.87. The zero-order valence-corrected chi connectivity index (χ0v) is 10.1. The molecule has 0 heterocycles. The van der Waals surface area contributed by atoms with Crippen LogP contribution in [0.3, 0.4) is 0 Å². The lowest BCUT2D eigenvalue weighted by atomic mass is 9.92. The zero-order valence-electron chi connectivity index (χ0n) is 10.1. The number of hydrogen-bond donors (Lipinski definition) is 1. The lowest BCUT2D eigenvalue weighted by molar-refractivity contribution is -0.137. The smallest absolute Gasteiger partial charge is 0.303 e. The van der Waals surface area contributed by atoms with Gasteiger partial charge in [0.1, 0.15) is 0 Å². The Morgan fingerprint density at radius 2 is 1.76 bits per heavy atom. The van der Waals surface area contributed by atoms with Gasteiger partial charge in [-0.2, -0.15) is 0 Å². The van der Waals surface area contributed by atoms with E-state index in [0.29, 0.717) is 0 Å². The van der Waals surface area contributed by atoms with Gasteiger partial charge < -0.3 is 10.0 Å². The van der Waals surface area contributed by atoms with Gasteiger partial charge in [-0.15, -0.1) is 0 Å². The molecule has 0 aliphatic rings. The van der Waals surface area contributed by atoms with E-state index in [2.05, 4.69) is 0 Å². The number of rotatable bonds is 5. The molecular formula is C13H17NO3. The SMILES string of the molecule is CN(C)C(=O)C[C@@H](CC(=O)O)c1ccccc1. The van der Waals surface area contributed by atoms with E-state index in [1.807, 2.05) is 30.3 Å². The van der Waals surface area contributed by atoms with Gasteiger partial charge in [-0.1, -0.05) is 30.3 Å². The molecule has 0 spiro atoms. The number of carboxylic acid groups (broad SMARTS) is 1. The van der Waals surface area contributed by atoms with Gasteiger partial charge in [0.25, 0.3) is 0 Å². The van der Waals surface area contributed by atoms with Gasteiger partial charge in [-0.25, -0.2) is 0 Å². The molecule has 0 radical (unpaired) electrons. The Balaban J connectivity index is 2.81. The highest BCUT2D eigenvalue weighted by atomic mass is 16.4. The van der Waals surface area contributed by atoms with Gasteiger partial charge in [-0.05, 0) is 5.56 Å². The second-order valence-electron chi connectivity index (χ2n) is 4.20. The molecule has 4 nitrogen and oxygen atoms in total. The third kappa shape index (κ3) is 4.26. The maximum Gasteiger partial charge on any atom is 0.303 e. The fourth-order valence-corrected chi connectivity index (χ4v) is 1.64. The molecule has 0 aliphatic heterocycles. The normalized spacial score (nSPS) is 11.9. The molecule has 0 fully saturated rings.